The molecule has 1 aromatic rings. The lowest BCUT2D eigenvalue weighted by Gasteiger charge is -1.91. The second kappa shape index (κ2) is 2.02. The van der Waals surface area contributed by atoms with Gasteiger partial charge in [0.25, 0.3) is 5.56 Å². The van der Waals surface area contributed by atoms with Crippen molar-refractivity contribution in [3.05, 3.63) is 16.7 Å². The molecule has 0 bridgehead atoms. The van der Waals surface area contributed by atoms with Crippen LogP contribution in [0.2, 0.25) is 0 Å². The van der Waals surface area contributed by atoms with Crippen LogP contribution in [0.4, 0.5) is 5.82 Å². The summed E-state index contributed by atoms with van der Waals surface area (Å²) in [5, 5.41) is 2.97. The molecule has 2 heterocycles. The van der Waals surface area contributed by atoms with Crippen molar-refractivity contribution in [1.82, 2.24) is 9.97 Å². The van der Waals surface area contributed by atoms with Crippen LogP contribution < -0.4 is 10.9 Å². The minimum atomic E-state index is -0.0556. The Morgan fingerprint density at radius 3 is 3.40 bits per heavy atom. The van der Waals surface area contributed by atoms with Crippen LogP contribution >= 0.6 is 11.8 Å². The highest BCUT2D eigenvalue weighted by Crippen LogP contribution is 2.26. The molecular weight excluding hydrogens is 150 g/mol. The number of rotatable bonds is 0. The third-order valence-corrected chi connectivity index (χ3v) is 2.22. The Bertz CT molecular complexity index is 308. The van der Waals surface area contributed by atoms with Gasteiger partial charge in [0.2, 0.25) is 0 Å². The molecule has 10 heavy (non-hydrogen) atoms. The normalized spacial score (nSPS) is 14.4. The van der Waals surface area contributed by atoms with Crippen molar-refractivity contribution in [3.8, 4) is 0 Å². The summed E-state index contributed by atoms with van der Waals surface area (Å²) in [7, 11) is 0. The largest absolute Gasteiger partial charge is 0.360 e. The van der Waals surface area contributed by atoms with E-state index in [0.29, 0.717) is 10.7 Å². The molecular formula is C5H5N3OS. The number of hydrogen-bond donors (Lipinski definition) is 2. The van der Waals surface area contributed by atoms with Gasteiger partial charge in [0.05, 0.1) is 12.2 Å². The summed E-state index contributed by atoms with van der Waals surface area (Å²) in [5.41, 5.74) is -0.0556. The summed E-state index contributed by atoms with van der Waals surface area (Å²) in [4.78, 5) is 18.1. The molecule has 1 aliphatic heterocycles. The second-order valence-electron chi connectivity index (χ2n) is 1.87. The molecule has 0 atom stereocenters. The van der Waals surface area contributed by atoms with Gasteiger partial charge in [0.1, 0.15) is 10.7 Å². The lowest BCUT2D eigenvalue weighted by Crippen LogP contribution is -2.07. The smallest absolute Gasteiger partial charge is 0.266 e. The zero-order chi connectivity index (χ0) is 6.97. The zero-order valence-corrected chi connectivity index (χ0v) is 5.86. The minimum Gasteiger partial charge on any atom is -0.360 e. The van der Waals surface area contributed by atoms with Gasteiger partial charge in [-0.3, -0.25) is 4.79 Å². The van der Waals surface area contributed by atoms with E-state index in [0.717, 1.165) is 5.88 Å². The van der Waals surface area contributed by atoms with Gasteiger partial charge in [0.15, 0.2) is 0 Å². The molecule has 2 N–H and O–H groups in total. The number of thioether (sulfide) groups is 1. The maximum Gasteiger partial charge on any atom is 0.266 e. The number of fused-ring (bicyclic) bond motifs is 1. The molecule has 1 aliphatic rings. The first-order valence-corrected chi connectivity index (χ1v) is 3.81. The number of aromatic amines is 1. The molecule has 0 saturated carbocycles. The van der Waals surface area contributed by atoms with Crippen LogP contribution in [0.5, 0.6) is 0 Å². The summed E-state index contributed by atoms with van der Waals surface area (Å²) >= 11 is 1.48. The van der Waals surface area contributed by atoms with E-state index in [2.05, 4.69) is 15.3 Å². The first-order chi connectivity index (χ1) is 4.88. The summed E-state index contributed by atoms with van der Waals surface area (Å²) in [6, 6.07) is 0. The van der Waals surface area contributed by atoms with Gasteiger partial charge in [0, 0.05) is 0 Å². The van der Waals surface area contributed by atoms with E-state index in [1.807, 2.05) is 0 Å². The Morgan fingerprint density at radius 1 is 1.70 bits per heavy atom. The summed E-state index contributed by atoms with van der Waals surface area (Å²) in [5.74, 6) is 1.45. The van der Waals surface area contributed by atoms with E-state index in [-0.39, 0.29) is 5.56 Å². The average molecular weight is 155 g/mol. The highest BCUT2D eigenvalue weighted by atomic mass is 32.2. The van der Waals surface area contributed by atoms with E-state index in [1.165, 1.54) is 18.1 Å². The van der Waals surface area contributed by atoms with Crippen LogP contribution in [0.3, 0.4) is 0 Å². The standard InChI is InChI=1S/C5H5N3OS/c9-5-3-4(6-1-7-5)8-2-10-3/h1H,2H2,(H2,6,7,8,9). The lowest BCUT2D eigenvalue weighted by atomic mass is 10.6. The topological polar surface area (TPSA) is 57.8 Å². The summed E-state index contributed by atoms with van der Waals surface area (Å²) in [6.45, 7) is 0. The van der Waals surface area contributed by atoms with E-state index >= 15 is 0 Å². The number of H-pyrrole nitrogens is 1. The van der Waals surface area contributed by atoms with Crippen LogP contribution in [0.15, 0.2) is 16.0 Å². The zero-order valence-electron chi connectivity index (χ0n) is 5.05. The monoisotopic (exact) mass is 155 g/mol. The molecule has 52 valence electrons. The van der Waals surface area contributed by atoms with Gasteiger partial charge in [-0.1, -0.05) is 11.8 Å². The first-order valence-electron chi connectivity index (χ1n) is 2.82. The van der Waals surface area contributed by atoms with Crippen molar-refractivity contribution in [2.75, 3.05) is 11.2 Å². The Kier molecular flexibility index (Phi) is 1.17. The molecule has 1 aromatic heterocycles. The Morgan fingerprint density at radius 2 is 2.60 bits per heavy atom. The van der Waals surface area contributed by atoms with E-state index in [1.54, 1.807) is 0 Å². The lowest BCUT2D eigenvalue weighted by molar-refractivity contribution is 1.05. The quantitative estimate of drug-likeness (QED) is 0.563. The molecule has 0 saturated heterocycles. The Labute approximate surface area is 61.1 Å². The number of aromatic nitrogens is 2. The van der Waals surface area contributed by atoms with E-state index < -0.39 is 0 Å². The van der Waals surface area contributed by atoms with Crippen molar-refractivity contribution < 1.29 is 0 Å². The molecule has 5 heteroatoms. The Balaban J connectivity index is 2.70. The van der Waals surface area contributed by atoms with Crippen LogP contribution in [-0.2, 0) is 0 Å². The summed E-state index contributed by atoms with van der Waals surface area (Å²) in [6.07, 6.45) is 1.40. The summed E-state index contributed by atoms with van der Waals surface area (Å²) < 4.78 is 0. The predicted octanol–water partition coefficient (Wildman–Crippen LogP) is 0.245. The van der Waals surface area contributed by atoms with Gasteiger partial charge in [-0.15, -0.1) is 0 Å². The predicted molar refractivity (Wildman–Crippen MR) is 39.2 cm³/mol. The van der Waals surface area contributed by atoms with Gasteiger partial charge >= 0.3 is 0 Å². The molecule has 2 rings (SSSR count). The highest BCUT2D eigenvalue weighted by Gasteiger charge is 2.14. The molecule has 0 fully saturated rings. The molecule has 0 radical (unpaired) electrons. The fourth-order valence-corrected chi connectivity index (χ4v) is 1.63. The van der Waals surface area contributed by atoms with Gasteiger partial charge < -0.3 is 10.3 Å². The average Bonchev–Trinajstić information content (AvgIpc) is 2.36. The van der Waals surface area contributed by atoms with Crippen LogP contribution in [-0.4, -0.2) is 15.8 Å². The molecule has 0 amide bonds. The fourth-order valence-electron chi connectivity index (χ4n) is 0.824. The van der Waals surface area contributed by atoms with Crippen LogP contribution in [0.1, 0.15) is 0 Å². The molecule has 0 aromatic carbocycles. The van der Waals surface area contributed by atoms with Gasteiger partial charge in [-0.25, -0.2) is 4.98 Å². The van der Waals surface area contributed by atoms with Crippen LogP contribution in [0.25, 0.3) is 0 Å². The van der Waals surface area contributed by atoms with E-state index in [9.17, 15) is 4.79 Å². The Hall–Kier alpha value is -0.970. The number of anilines is 1. The maximum atomic E-state index is 11.0. The SMILES string of the molecule is O=c1[nH]cnc2c1SCN2. The van der Waals surface area contributed by atoms with Crippen molar-refractivity contribution >= 4 is 17.6 Å². The van der Waals surface area contributed by atoms with Crippen molar-refractivity contribution in [3.63, 3.8) is 0 Å². The maximum absolute atomic E-state index is 11.0. The first kappa shape index (κ1) is 5.79. The fraction of sp³-hybridized carbons (Fsp3) is 0.200. The molecule has 4 nitrogen and oxygen atoms in total. The van der Waals surface area contributed by atoms with E-state index in [4.69, 9.17) is 0 Å². The van der Waals surface area contributed by atoms with Gasteiger partial charge in [-0.05, 0) is 0 Å². The third-order valence-electron chi connectivity index (χ3n) is 1.27. The highest BCUT2D eigenvalue weighted by molar-refractivity contribution is 7.99. The second-order valence-corrected chi connectivity index (χ2v) is 2.86. The van der Waals surface area contributed by atoms with Crippen molar-refractivity contribution in [2.45, 2.75) is 4.90 Å². The minimum absolute atomic E-state index is 0.0556. The molecule has 0 spiro atoms. The number of hydrogen-bond acceptors (Lipinski definition) is 4. The molecule has 0 unspecified atom stereocenters. The van der Waals surface area contributed by atoms with Crippen LogP contribution in [0, 0.1) is 0 Å². The third kappa shape index (κ3) is 0.706. The van der Waals surface area contributed by atoms with Gasteiger partial charge in [-0.2, -0.15) is 0 Å². The molecule has 0 aliphatic carbocycles. The number of nitrogens with one attached hydrogen (secondary N) is 2. The van der Waals surface area contributed by atoms with Crippen molar-refractivity contribution in [1.29, 1.82) is 0 Å². The van der Waals surface area contributed by atoms with Crippen molar-refractivity contribution in [2.24, 2.45) is 0 Å². The number of nitrogens with zero attached hydrogens (tertiary/aromatic N) is 1.